The maximum Gasteiger partial charge on any atom is 0.416 e. The topological polar surface area (TPSA) is 43.1 Å². The molecule has 2 aromatic rings. The van der Waals surface area contributed by atoms with Crippen LogP contribution in [-0.4, -0.2) is 4.92 Å². The van der Waals surface area contributed by atoms with Crippen LogP contribution >= 0.6 is 11.6 Å². The Morgan fingerprint density at radius 3 is 2.24 bits per heavy atom. The van der Waals surface area contributed by atoms with Gasteiger partial charge in [0, 0.05) is 17.2 Å². The molecule has 0 atom stereocenters. The van der Waals surface area contributed by atoms with Crippen molar-refractivity contribution < 1.29 is 18.1 Å². The molecule has 0 N–H and O–H groups in total. The van der Waals surface area contributed by atoms with E-state index in [1.807, 2.05) is 0 Å². The second-order valence-corrected chi connectivity index (χ2v) is 4.81. The van der Waals surface area contributed by atoms with Gasteiger partial charge in [0.05, 0.1) is 10.5 Å². The molecule has 0 aromatic heterocycles. The first-order valence-corrected chi connectivity index (χ1v) is 6.24. The number of hydrogen-bond acceptors (Lipinski definition) is 2. The Morgan fingerprint density at radius 1 is 1.10 bits per heavy atom. The number of nitro groups is 1. The molecule has 0 saturated heterocycles. The van der Waals surface area contributed by atoms with E-state index in [1.54, 1.807) is 0 Å². The number of benzene rings is 2. The minimum atomic E-state index is -4.44. The highest BCUT2D eigenvalue weighted by Crippen LogP contribution is 2.32. The normalized spacial score (nSPS) is 11.4. The van der Waals surface area contributed by atoms with Gasteiger partial charge >= 0.3 is 6.18 Å². The summed E-state index contributed by atoms with van der Waals surface area (Å²) >= 11 is 5.90. The van der Waals surface area contributed by atoms with E-state index in [2.05, 4.69) is 0 Å². The minimum absolute atomic E-state index is 0.0751. The van der Waals surface area contributed by atoms with Crippen LogP contribution in [0.15, 0.2) is 42.5 Å². The smallest absolute Gasteiger partial charge is 0.258 e. The summed E-state index contributed by atoms with van der Waals surface area (Å²) in [7, 11) is 0. The molecule has 0 spiro atoms. The van der Waals surface area contributed by atoms with Crippen LogP contribution in [-0.2, 0) is 12.6 Å². The van der Waals surface area contributed by atoms with Crippen molar-refractivity contribution in [2.45, 2.75) is 12.6 Å². The molecule has 3 nitrogen and oxygen atoms in total. The van der Waals surface area contributed by atoms with Crippen LogP contribution in [0.25, 0.3) is 0 Å². The highest BCUT2D eigenvalue weighted by Gasteiger charge is 2.30. The van der Waals surface area contributed by atoms with E-state index in [0.717, 1.165) is 12.1 Å². The fraction of sp³-hybridized carbons (Fsp3) is 0.143. The van der Waals surface area contributed by atoms with Crippen molar-refractivity contribution in [1.29, 1.82) is 0 Å². The van der Waals surface area contributed by atoms with Gasteiger partial charge < -0.3 is 0 Å². The molecule has 0 unspecified atom stereocenters. The van der Waals surface area contributed by atoms with Gasteiger partial charge in [0.25, 0.3) is 5.69 Å². The van der Waals surface area contributed by atoms with Gasteiger partial charge in [-0.25, -0.2) is 0 Å². The van der Waals surface area contributed by atoms with Crippen LogP contribution < -0.4 is 0 Å². The Labute approximate surface area is 123 Å². The molecule has 21 heavy (non-hydrogen) atoms. The summed E-state index contributed by atoms with van der Waals surface area (Å²) in [4.78, 5) is 10.00. The number of hydrogen-bond donors (Lipinski definition) is 0. The van der Waals surface area contributed by atoms with Gasteiger partial charge in [-0.2, -0.15) is 13.2 Å². The van der Waals surface area contributed by atoms with Gasteiger partial charge in [-0.1, -0.05) is 23.7 Å². The quantitative estimate of drug-likeness (QED) is 0.600. The van der Waals surface area contributed by atoms with Crippen molar-refractivity contribution in [3.63, 3.8) is 0 Å². The largest absolute Gasteiger partial charge is 0.416 e. The number of nitrogens with zero attached hydrogens (tertiary/aromatic N) is 1. The summed E-state index contributed by atoms with van der Waals surface area (Å²) in [6, 6.07) is 8.70. The number of non-ortho nitro benzene ring substituents is 1. The summed E-state index contributed by atoms with van der Waals surface area (Å²) in [5.74, 6) is 0. The Kier molecular flexibility index (Phi) is 4.18. The van der Waals surface area contributed by atoms with E-state index in [0.29, 0.717) is 11.1 Å². The van der Waals surface area contributed by atoms with Crippen molar-refractivity contribution in [1.82, 2.24) is 0 Å². The molecular weight excluding hydrogens is 307 g/mol. The Balaban J connectivity index is 2.28. The number of nitro benzene ring substituents is 1. The average molecular weight is 316 g/mol. The number of alkyl halides is 3. The molecule has 0 saturated carbocycles. The molecule has 7 heteroatoms. The fourth-order valence-corrected chi connectivity index (χ4v) is 2.03. The first-order chi connectivity index (χ1) is 9.77. The molecule has 0 radical (unpaired) electrons. The molecule has 2 aromatic carbocycles. The first kappa shape index (κ1) is 15.3. The van der Waals surface area contributed by atoms with Gasteiger partial charge in [-0.3, -0.25) is 10.1 Å². The van der Waals surface area contributed by atoms with E-state index >= 15 is 0 Å². The van der Waals surface area contributed by atoms with Crippen LogP contribution in [0, 0.1) is 10.1 Å². The first-order valence-electron chi connectivity index (χ1n) is 5.86. The molecule has 0 fully saturated rings. The third-order valence-corrected chi connectivity index (χ3v) is 3.28. The van der Waals surface area contributed by atoms with E-state index in [9.17, 15) is 23.3 Å². The zero-order valence-corrected chi connectivity index (χ0v) is 11.3. The molecule has 0 aliphatic heterocycles. The summed E-state index contributed by atoms with van der Waals surface area (Å²) in [5, 5.41) is 10.8. The standard InChI is InChI=1S/C14H9ClF3NO2/c15-13-6-3-11(14(16,17)18)8-10(13)7-9-1-4-12(5-2-9)19(20)21/h1-6,8H,7H2. The van der Waals surface area contributed by atoms with Crippen LogP contribution in [0.5, 0.6) is 0 Å². The van der Waals surface area contributed by atoms with E-state index < -0.39 is 16.7 Å². The van der Waals surface area contributed by atoms with Crippen LogP contribution in [0.1, 0.15) is 16.7 Å². The summed E-state index contributed by atoms with van der Waals surface area (Å²) < 4.78 is 38.0. The molecule has 2 rings (SSSR count). The number of halogens is 4. The molecular formula is C14H9ClF3NO2. The lowest BCUT2D eigenvalue weighted by atomic mass is 10.0. The third kappa shape index (κ3) is 3.72. The van der Waals surface area contributed by atoms with Gasteiger partial charge in [0.1, 0.15) is 0 Å². The minimum Gasteiger partial charge on any atom is -0.258 e. The molecule has 0 aliphatic rings. The van der Waals surface area contributed by atoms with Crippen molar-refractivity contribution >= 4 is 17.3 Å². The van der Waals surface area contributed by atoms with Crippen LogP contribution in [0.3, 0.4) is 0 Å². The predicted molar refractivity (Wildman–Crippen MR) is 72.4 cm³/mol. The van der Waals surface area contributed by atoms with Crippen molar-refractivity contribution in [3.05, 3.63) is 74.3 Å². The molecule has 0 bridgehead atoms. The van der Waals surface area contributed by atoms with Gasteiger partial charge in [0.2, 0.25) is 0 Å². The van der Waals surface area contributed by atoms with Gasteiger partial charge in [0.15, 0.2) is 0 Å². The molecule has 0 amide bonds. The predicted octanol–water partition coefficient (Wildman–Crippen LogP) is 4.86. The fourth-order valence-electron chi connectivity index (χ4n) is 1.84. The van der Waals surface area contributed by atoms with Crippen molar-refractivity contribution in [2.75, 3.05) is 0 Å². The van der Waals surface area contributed by atoms with E-state index in [1.165, 1.54) is 30.3 Å². The summed E-state index contributed by atoms with van der Waals surface area (Å²) in [6.07, 6.45) is -4.27. The van der Waals surface area contributed by atoms with Gasteiger partial charge in [-0.15, -0.1) is 0 Å². The Morgan fingerprint density at radius 2 is 1.71 bits per heavy atom. The van der Waals surface area contributed by atoms with Crippen LogP contribution in [0.4, 0.5) is 18.9 Å². The Hall–Kier alpha value is -2.08. The van der Waals surface area contributed by atoms with Crippen molar-refractivity contribution in [3.8, 4) is 0 Å². The Bertz CT molecular complexity index is 669. The number of rotatable bonds is 3. The monoisotopic (exact) mass is 315 g/mol. The zero-order chi connectivity index (χ0) is 15.6. The van der Waals surface area contributed by atoms with Crippen molar-refractivity contribution in [2.24, 2.45) is 0 Å². The molecule has 0 heterocycles. The average Bonchev–Trinajstić information content (AvgIpc) is 2.40. The highest BCUT2D eigenvalue weighted by molar-refractivity contribution is 6.31. The second-order valence-electron chi connectivity index (χ2n) is 4.40. The lowest BCUT2D eigenvalue weighted by molar-refractivity contribution is -0.384. The van der Waals surface area contributed by atoms with Gasteiger partial charge in [-0.05, 0) is 35.7 Å². The second kappa shape index (κ2) is 5.73. The zero-order valence-electron chi connectivity index (χ0n) is 10.5. The van der Waals surface area contributed by atoms with E-state index in [4.69, 9.17) is 11.6 Å². The highest BCUT2D eigenvalue weighted by atomic mass is 35.5. The van der Waals surface area contributed by atoms with Crippen LogP contribution in [0.2, 0.25) is 5.02 Å². The maximum atomic E-state index is 12.7. The summed E-state index contributed by atoms with van der Waals surface area (Å²) in [5.41, 5.74) is 0.111. The third-order valence-electron chi connectivity index (χ3n) is 2.91. The molecule has 0 aliphatic carbocycles. The van der Waals surface area contributed by atoms with E-state index in [-0.39, 0.29) is 17.1 Å². The maximum absolute atomic E-state index is 12.7. The SMILES string of the molecule is O=[N+]([O-])c1ccc(Cc2cc(C(F)(F)F)ccc2Cl)cc1. The lowest BCUT2D eigenvalue weighted by Crippen LogP contribution is -2.05. The lowest BCUT2D eigenvalue weighted by Gasteiger charge is -2.10. The molecule has 110 valence electrons. The summed E-state index contributed by atoms with van der Waals surface area (Å²) in [6.45, 7) is 0.